The molecule has 1 N–H and O–H groups in total. The lowest BCUT2D eigenvalue weighted by molar-refractivity contribution is 0.119. The summed E-state index contributed by atoms with van der Waals surface area (Å²) >= 11 is 0. The van der Waals surface area contributed by atoms with E-state index >= 15 is 0 Å². The molecule has 0 aromatic heterocycles. The second kappa shape index (κ2) is 3.24. The number of nitrogens with one attached hydrogen (secondary N) is 1. The van der Waals surface area contributed by atoms with Crippen molar-refractivity contribution in [2.45, 2.75) is 37.4 Å². The summed E-state index contributed by atoms with van der Waals surface area (Å²) in [6.45, 7) is 0. The van der Waals surface area contributed by atoms with E-state index in [0.717, 1.165) is 12.8 Å². The summed E-state index contributed by atoms with van der Waals surface area (Å²) in [7, 11) is -1.46. The quantitative estimate of drug-likeness (QED) is 0.731. The van der Waals surface area contributed by atoms with Crippen molar-refractivity contribution < 1.29 is 8.42 Å². The molecule has 2 aliphatic rings. The second-order valence-electron chi connectivity index (χ2n) is 4.23. The maximum absolute atomic E-state index is 11.5. The molecule has 0 bridgehead atoms. The first-order valence-corrected chi connectivity index (χ1v) is 6.62. The Morgan fingerprint density at radius 2 is 1.92 bits per heavy atom. The smallest absolute Gasteiger partial charge is 0.214 e. The van der Waals surface area contributed by atoms with Crippen LogP contribution in [0.15, 0.2) is 0 Å². The van der Waals surface area contributed by atoms with Crippen LogP contribution in [-0.4, -0.2) is 20.7 Å². The van der Waals surface area contributed by atoms with E-state index in [-0.39, 0.29) is 5.25 Å². The fourth-order valence-corrected chi connectivity index (χ4v) is 4.43. The topological polar surface area (TPSA) is 46.2 Å². The van der Waals surface area contributed by atoms with Crippen LogP contribution in [0.3, 0.4) is 0 Å². The Bertz CT molecular complexity index is 286. The molecule has 2 aliphatic carbocycles. The van der Waals surface area contributed by atoms with Crippen LogP contribution in [0.1, 0.15) is 32.1 Å². The Hall–Kier alpha value is -0.0900. The zero-order valence-corrected chi connectivity index (χ0v) is 8.81. The van der Waals surface area contributed by atoms with Crippen molar-refractivity contribution in [3.05, 3.63) is 0 Å². The summed E-state index contributed by atoms with van der Waals surface area (Å²) < 4.78 is 25.5. The number of sulfonamides is 1. The molecule has 3 nitrogen and oxygen atoms in total. The predicted octanol–water partition coefficient (Wildman–Crippen LogP) is 1.11. The van der Waals surface area contributed by atoms with Crippen LogP contribution in [-0.2, 0) is 10.0 Å². The van der Waals surface area contributed by atoms with Gasteiger partial charge in [-0.25, -0.2) is 13.1 Å². The molecule has 2 saturated carbocycles. The van der Waals surface area contributed by atoms with Crippen molar-refractivity contribution in [1.29, 1.82) is 0 Å². The van der Waals surface area contributed by atoms with E-state index < -0.39 is 10.0 Å². The monoisotopic (exact) mass is 203 g/mol. The molecular formula is C9H17NO2S. The zero-order valence-electron chi connectivity index (χ0n) is 7.99. The van der Waals surface area contributed by atoms with Gasteiger partial charge >= 0.3 is 0 Å². The molecule has 2 rings (SSSR count). The van der Waals surface area contributed by atoms with E-state index in [9.17, 15) is 8.42 Å². The summed E-state index contributed by atoms with van der Waals surface area (Å²) in [6, 6.07) is 0. The molecule has 0 heterocycles. The number of hydrogen-bond acceptors (Lipinski definition) is 2. The van der Waals surface area contributed by atoms with Crippen LogP contribution < -0.4 is 4.72 Å². The van der Waals surface area contributed by atoms with Crippen molar-refractivity contribution in [3.63, 3.8) is 0 Å². The van der Waals surface area contributed by atoms with Gasteiger partial charge in [-0.15, -0.1) is 0 Å². The minimum atomic E-state index is -2.98. The predicted molar refractivity (Wildman–Crippen MR) is 51.8 cm³/mol. The molecule has 13 heavy (non-hydrogen) atoms. The van der Waals surface area contributed by atoms with Gasteiger partial charge in [0.15, 0.2) is 0 Å². The van der Waals surface area contributed by atoms with E-state index in [1.54, 1.807) is 0 Å². The number of rotatable bonds is 2. The van der Waals surface area contributed by atoms with E-state index in [4.69, 9.17) is 0 Å². The van der Waals surface area contributed by atoms with Gasteiger partial charge in [-0.1, -0.05) is 19.3 Å². The third-order valence-electron chi connectivity index (χ3n) is 3.66. The second-order valence-corrected chi connectivity index (χ2v) is 6.34. The van der Waals surface area contributed by atoms with Gasteiger partial charge < -0.3 is 0 Å². The highest BCUT2D eigenvalue weighted by Crippen LogP contribution is 2.47. The van der Waals surface area contributed by atoms with E-state index in [1.165, 1.54) is 26.3 Å². The van der Waals surface area contributed by atoms with Crippen LogP contribution >= 0.6 is 0 Å². The van der Waals surface area contributed by atoms with E-state index in [0.29, 0.717) is 11.8 Å². The van der Waals surface area contributed by atoms with Gasteiger partial charge in [0.05, 0.1) is 5.25 Å². The molecular weight excluding hydrogens is 186 g/mol. The standard InChI is InChI=1S/C9H17NO2S/c1-10-13(11,12)9-6-7-4-2-3-5-8(7)9/h7-10H,2-6H2,1H3/t7-,8-,9?/m0/s1. The normalized spacial score (nSPS) is 39.3. The Labute approximate surface area is 80.0 Å². The zero-order chi connectivity index (χ0) is 9.47. The molecule has 0 aromatic rings. The van der Waals surface area contributed by atoms with Crippen LogP contribution in [0, 0.1) is 11.8 Å². The molecule has 4 heteroatoms. The van der Waals surface area contributed by atoms with Gasteiger partial charge in [0.1, 0.15) is 0 Å². The average Bonchev–Trinajstić information content (AvgIpc) is 2.07. The average molecular weight is 203 g/mol. The van der Waals surface area contributed by atoms with Crippen LogP contribution in [0.5, 0.6) is 0 Å². The maximum Gasteiger partial charge on any atom is 0.214 e. The maximum atomic E-state index is 11.5. The van der Waals surface area contributed by atoms with Gasteiger partial charge in [0.25, 0.3) is 0 Å². The molecule has 0 saturated heterocycles. The van der Waals surface area contributed by atoms with Crippen molar-refractivity contribution >= 4 is 10.0 Å². The molecule has 2 fully saturated rings. The Balaban J connectivity index is 2.05. The van der Waals surface area contributed by atoms with Gasteiger partial charge in [-0.05, 0) is 31.7 Å². The first kappa shape index (κ1) is 9.46. The van der Waals surface area contributed by atoms with Gasteiger partial charge in [-0.3, -0.25) is 0 Å². The molecule has 3 atom stereocenters. The Morgan fingerprint density at radius 3 is 2.54 bits per heavy atom. The number of fused-ring (bicyclic) bond motifs is 1. The van der Waals surface area contributed by atoms with Crippen molar-refractivity contribution in [3.8, 4) is 0 Å². The van der Waals surface area contributed by atoms with Crippen molar-refractivity contribution in [2.24, 2.45) is 11.8 Å². The lowest BCUT2D eigenvalue weighted by atomic mass is 9.65. The third-order valence-corrected chi connectivity index (χ3v) is 5.57. The lowest BCUT2D eigenvalue weighted by Crippen LogP contribution is -2.51. The summed E-state index contributed by atoms with van der Waals surface area (Å²) in [4.78, 5) is 0. The fraction of sp³-hybridized carbons (Fsp3) is 1.00. The molecule has 0 spiro atoms. The highest BCUT2D eigenvalue weighted by molar-refractivity contribution is 7.90. The van der Waals surface area contributed by atoms with Gasteiger partial charge in [0, 0.05) is 0 Å². The Kier molecular flexibility index (Phi) is 2.36. The first-order chi connectivity index (χ1) is 6.15. The van der Waals surface area contributed by atoms with Crippen molar-refractivity contribution in [2.75, 3.05) is 7.05 Å². The van der Waals surface area contributed by atoms with Gasteiger partial charge in [-0.2, -0.15) is 0 Å². The van der Waals surface area contributed by atoms with E-state index in [2.05, 4.69) is 4.72 Å². The van der Waals surface area contributed by atoms with Crippen LogP contribution in [0.4, 0.5) is 0 Å². The fourth-order valence-electron chi connectivity index (χ4n) is 2.80. The van der Waals surface area contributed by atoms with Crippen LogP contribution in [0.2, 0.25) is 0 Å². The molecule has 0 aromatic carbocycles. The number of hydrogen-bond donors (Lipinski definition) is 1. The van der Waals surface area contributed by atoms with Crippen molar-refractivity contribution in [1.82, 2.24) is 4.72 Å². The minimum absolute atomic E-state index is 0.0807. The summed E-state index contributed by atoms with van der Waals surface area (Å²) in [5.41, 5.74) is 0. The minimum Gasteiger partial charge on any atom is -0.218 e. The van der Waals surface area contributed by atoms with Crippen LogP contribution in [0.25, 0.3) is 0 Å². The summed E-state index contributed by atoms with van der Waals surface area (Å²) in [5, 5.41) is -0.0807. The Morgan fingerprint density at radius 1 is 1.23 bits per heavy atom. The SMILES string of the molecule is CNS(=O)(=O)C1C[C@@H]2CCCC[C@H]12. The largest absolute Gasteiger partial charge is 0.218 e. The van der Waals surface area contributed by atoms with E-state index in [1.807, 2.05) is 0 Å². The molecule has 0 amide bonds. The molecule has 0 radical (unpaired) electrons. The molecule has 0 aliphatic heterocycles. The highest BCUT2D eigenvalue weighted by atomic mass is 32.2. The third kappa shape index (κ3) is 1.50. The summed E-state index contributed by atoms with van der Waals surface area (Å²) in [6.07, 6.45) is 5.79. The summed E-state index contributed by atoms with van der Waals surface area (Å²) in [5.74, 6) is 1.17. The molecule has 76 valence electrons. The lowest BCUT2D eigenvalue weighted by Gasteiger charge is -2.46. The first-order valence-electron chi connectivity index (χ1n) is 5.07. The van der Waals surface area contributed by atoms with Gasteiger partial charge in [0.2, 0.25) is 10.0 Å². The molecule has 1 unspecified atom stereocenters. The highest BCUT2D eigenvalue weighted by Gasteiger charge is 2.48.